The summed E-state index contributed by atoms with van der Waals surface area (Å²) in [5.41, 5.74) is 3.92. The molecule has 5 heteroatoms. The molecule has 2 heterocycles. The minimum Gasteiger partial charge on any atom is -0.493 e. The van der Waals surface area contributed by atoms with Gasteiger partial charge in [-0.3, -0.25) is 4.79 Å². The first-order valence-corrected chi connectivity index (χ1v) is 8.30. The van der Waals surface area contributed by atoms with Crippen molar-refractivity contribution in [3.63, 3.8) is 0 Å². The standard InChI is InChI=1S/C20H20N2O3/c1-24-17-10-14-7-9-22(12-15(14)11-18(17)25-2)20(23)16-5-3-4-13-6-8-21-19(13)16/h3-6,8,10-11,21H,7,9,12H2,1-2H3. The lowest BCUT2D eigenvalue weighted by molar-refractivity contribution is 0.0736. The number of aromatic amines is 1. The maximum atomic E-state index is 13.0. The Hall–Kier alpha value is -2.95. The molecule has 1 N–H and O–H groups in total. The van der Waals surface area contributed by atoms with Crippen LogP contribution in [0.25, 0.3) is 10.9 Å². The predicted octanol–water partition coefficient (Wildman–Crippen LogP) is 3.38. The zero-order valence-corrected chi connectivity index (χ0v) is 14.3. The number of amides is 1. The van der Waals surface area contributed by atoms with E-state index in [1.807, 2.05) is 47.5 Å². The predicted molar refractivity (Wildman–Crippen MR) is 96.3 cm³/mol. The molecular formula is C20H20N2O3. The quantitative estimate of drug-likeness (QED) is 0.798. The molecule has 0 atom stereocenters. The van der Waals surface area contributed by atoms with Gasteiger partial charge in [-0.25, -0.2) is 0 Å². The number of hydrogen-bond acceptors (Lipinski definition) is 3. The maximum Gasteiger partial charge on any atom is 0.256 e. The van der Waals surface area contributed by atoms with E-state index in [4.69, 9.17) is 9.47 Å². The molecule has 1 aliphatic heterocycles. The Morgan fingerprint density at radius 2 is 1.84 bits per heavy atom. The second-order valence-electron chi connectivity index (χ2n) is 6.20. The average molecular weight is 336 g/mol. The van der Waals surface area contributed by atoms with Gasteiger partial charge < -0.3 is 19.4 Å². The lowest BCUT2D eigenvalue weighted by Crippen LogP contribution is -2.36. The first kappa shape index (κ1) is 15.6. The van der Waals surface area contributed by atoms with Gasteiger partial charge in [-0.15, -0.1) is 0 Å². The number of para-hydroxylation sites is 1. The van der Waals surface area contributed by atoms with E-state index in [0.29, 0.717) is 24.4 Å². The van der Waals surface area contributed by atoms with Crippen LogP contribution >= 0.6 is 0 Å². The number of rotatable bonds is 3. The summed E-state index contributed by atoms with van der Waals surface area (Å²) < 4.78 is 10.8. The van der Waals surface area contributed by atoms with Crippen molar-refractivity contribution in [1.82, 2.24) is 9.88 Å². The third-order valence-corrected chi connectivity index (χ3v) is 4.82. The number of carbonyl (C=O) groups is 1. The number of methoxy groups -OCH3 is 2. The molecule has 0 saturated carbocycles. The summed E-state index contributed by atoms with van der Waals surface area (Å²) in [6.45, 7) is 1.27. The molecule has 0 saturated heterocycles. The van der Waals surface area contributed by atoms with Crippen molar-refractivity contribution >= 4 is 16.8 Å². The molecule has 128 valence electrons. The maximum absolute atomic E-state index is 13.0. The topological polar surface area (TPSA) is 54.6 Å². The molecule has 25 heavy (non-hydrogen) atoms. The molecule has 0 unspecified atom stereocenters. The van der Waals surface area contributed by atoms with Gasteiger partial charge in [0.05, 0.1) is 25.3 Å². The fraction of sp³-hybridized carbons (Fsp3) is 0.250. The molecule has 0 bridgehead atoms. The Balaban J connectivity index is 1.66. The highest BCUT2D eigenvalue weighted by molar-refractivity contribution is 6.05. The van der Waals surface area contributed by atoms with Crippen molar-refractivity contribution in [2.24, 2.45) is 0 Å². The van der Waals surface area contributed by atoms with Crippen LogP contribution in [0.1, 0.15) is 21.5 Å². The molecular weight excluding hydrogens is 316 g/mol. The van der Waals surface area contributed by atoms with Gasteiger partial charge in [0.15, 0.2) is 11.5 Å². The van der Waals surface area contributed by atoms with E-state index in [1.165, 1.54) is 5.56 Å². The molecule has 3 aromatic rings. The highest BCUT2D eigenvalue weighted by Gasteiger charge is 2.24. The number of aromatic nitrogens is 1. The third-order valence-electron chi connectivity index (χ3n) is 4.82. The van der Waals surface area contributed by atoms with Gasteiger partial charge >= 0.3 is 0 Å². The van der Waals surface area contributed by atoms with Gasteiger partial charge in [-0.1, -0.05) is 12.1 Å². The summed E-state index contributed by atoms with van der Waals surface area (Å²) in [6, 6.07) is 11.8. The van der Waals surface area contributed by atoms with Crippen LogP contribution in [-0.4, -0.2) is 36.6 Å². The van der Waals surface area contributed by atoms with E-state index < -0.39 is 0 Å². The van der Waals surface area contributed by atoms with Gasteiger partial charge in [0, 0.05) is 24.7 Å². The summed E-state index contributed by atoms with van der Waals surface area (Å²) in [5, 5.41) is 1.05. The summed E-state index contributed by atoms with van der Waals surface area (Å²) in [7, 11) is 3.27. The van der Waals surface area contributed by atoms with Gasteiger partial charge in [-0.05, 0) is 41.8 Å². The Morgan fingerprint density at radius 1 is 1.08 bits per heavy atom. The minimum absolute atomic E-state index is 0.0495. The molecule has 0 spiro atoms. The molecule has 0 radical (unpaired) electrons. The molecule has 0 aliphatic carbocycles. The van der Waals surface area contributed by atoms with Crippen LogP contribution in [0.4, 0.5) is 0 Å². The van der Waals surface area contributed by atoms with E-state index in [1.54, 1.807) is 14.2 Å². The van der Waals surface area contributed by atoms with Crippen LogP contribution in [0.2, 0.25) is 0 Å². The molecule has 1 aliphatic rings. The third kappa shape index (κ3) is 2.61. The van der Waals surface area contributed by atoms with Crippen LogP contribution in [0.15, 0.2) is 42.6 Å². The fourth-order valence-electron chi connectivity index (χ4n) is 3.49. The van der Waals surface area contributed by atoms with E-state index in [2.05, 4.69) is 4.98 Å². The summed E-state index contributed by atoms with van der Waals surface area (Å²) in [4.78, 5) is 18.1. The molecule has 0 fully saturated rings. The van der Waals surface area contributed by atoms with E-state index >= 15 is 0 Å². The SMILES string of the molecule is COc1cc2c(cc1OC)CN(C(=O)c1cccc3cc[nH]c13)CC2. The zero-order chi connectivity index (χ0) is 17.4. The number of ether oxygens (including phenoxy) is 2. The number of fused-ring (bicyclic) bond motifs is 2. The van der Waals surface area contributed by atoms with Crippen molar-refractivity contribution in [2.75, 3.05) is 20.8 Å². The summed E-state index contributed by atoms with van der Waals surface area (Å²) >= 11 is 0. The molecule has 4 rings (SSSR count). The summed E-state index contributed by atoms with van der Waals surface area (Å²) in [5.74, 6) is 1.48. The molecule has 2 aromatic carbocycles. The van der Waals surface area contributed by atoms with Gasteiger partial charge in [0.1, 0.15) is 0 Å². The van der Waals surface area contributed by atoms with Crippen LogP contribution in [0.5, 0.6) is 11.5 Å². The Kier molecular flexibility index (Phi) is 3.84. The lowest BCUT2D eigenvalue weighted by Gasteiger charge is -2.30. The molecule has 5 nitrogen and oxygen atoms in total. The Labute approximate surface area is 146 Å². The largest absolute Gasteiger partial charge is 0.493 e. The summed E-state index contributed by atoms with van der Waals surface area (Å²) in [6.07, 6.45) is 2.67. The first-order chi connectivity index (χ1) is 12.2. The number of H-pyrrole nitrogens is 1. The number of carbonyl (C=O) groups excluding carboxylic acids is 1. The Bertz CT molecular complexity index is 945. The number of benzene rings is 2. The van der Waals surface area contributed by atoms with Crippen LogP contribution in [0, 0.1) is 0 Å². The smallest absolute Gasteiger partial charge is 0.256 e. The molecule has 1 amide bonds. The number of hydrogen-bond donors (Lipinski definition) is 1. The minimum atomic E-state index is 0.0495. The van der Waals surface area contributed by atoms with Crippen LogP contribution in [0.3, 0.4) is 0 Å². The fourth-order valence-corrected chi connectivity index (χ4v) is 3.49. The average Bonchev–Trinajstić information content (AvgIpc) is 3.14. The van der Waals surface area contributed by atoms with E-state index in [9.17, 15) is 4.79 Å². The van der Waals surface area contributed by atoms with E-state index in [0.717, 1.165) is 28.6 Å². The van der Waals surface area contributed by atoms with Gasteiger partial charge in [0.2, 0.25) is 0 Å². The van der Waals surface area contributed by atoms with Crippen molar-refractivity contribution in [1.29, 1.82) is 0 Å². The van der Waals surface area contributed by atoms with Crippen molar-refractivity contribution in [3.05, 3.63) is 59.3 Å². The van der Waals surface area contributed by atoms with Crippen molar-refractivity contribution in [2.45, 2.75) is 13.0 Å². The number of nitrogens with zero attached hydrogens (tertiary/aromatic N) is 1. The highest BCUT2D eigenvalue weighted by atomic mass is 16.5. The monoisotopic (exact) mass is 336 g/mol. The Morgan fingerprint density at radius 3 is 2.60 bits per heavy atom. The second kappa shape index (κ2) is 6.16. The van der Waals surface area contributed by atoms with Crippen LogP contribution in [-0.2, 0) is 13.0 Å². The second-order valence-corrected chi connectivity index (χ2v) is 6.20. The van der Waals surface area contributed by atoms with Crippen molar-refractivity contribution in [3.8, 4) is 11.5 Å². The molecule has 1 aromatic heterocycles. The van der Waals surface area contributed by atoms with Gasteiger partial charge in [0.25, 0.3) is 5.91 Å². The van der Waals surface area contributed by atoms with Gasteiger partial charge in [-0.2, -0.15) is 0 Å². The van der Waals surface area contributed by atoms with Crippen molar-refractivity contribution < 1.29 is 14.3 Å². The van der Waals surface area contributed by atoms with Crippen LogP contribution < -0.4 is 9.47 Å². The van der Waals surface area contributed by atoms with E-state index in [-0.39, 0.29) is 5.91 Å². The first-order valence-electron chi connectivity index (χ1n) is 8.30. The lowest BCUT2D eigenvalue weighted by atomic mass is 9.98. The zero-order valence-electron chi connectivity index (χ0n) is 14.3. The number of nitrogens with one attached hydrogen (secondary N) is 1. The normalized spacial score (nSPS) is 13.6. The highest BCUT2D eigenvalue weighted by Crippen LogP contribution is 2.33.